The van der Waals surface area contributed by atoms with Crippen molar-refractivity contribution in [3.05, 3.63) is 42.1 Å². The van der Waals surface area contributed by atoms with Crippen molar-refractivity contribution in [3.8, 4) is 0 Å². The Morgan fingerprint density at radius 1 is 1.33 bits per heavy atom. The van der Waals surface area contributed by atoms with E-state index >= 15 is 0 Å². The van der Waals surface area contributed by atoms with Gasteiger partial charge in [-0.15, -0.1) is 5.11 Å². The molecule has 0 unspecified atom stereocenters. The molecule has 0 fully saturated rings. The van der Waals surface area contributed by atoms with Gasteiger partial charge in [0.25, 0.3) is 0 Å². The van der Waals surface area contributed by atoms with Gasteiger partial charge in [-0.05, 0) is 24.3 Å². The van der Waals surface area contributed by atoms with Crippen molar-refractivity contribution in [3.63, 3.8) is 0 Å². The number of hydrogen-bond acceptors (Lipinski definition) is 2. The van der Waals surface area contributed by atoms with Crippen molar-refractivity contribution in [2.24, 2.45) is 10.3 Å². The highest BCUT2D eigenvalue weighted by atomic mass is 35.5. The highest BCUT2D eigenvalue weighted by molar-refractivity contribution is 6.30. The zero-order chi connectivity index (χ0) is 8.81. The molecule has 1 aromatic rings. The lowest BCUT2D eigenvalue weighted by Crippen LogP contribution is -1.84. The largest absolute Gasteiger partial charge is 0.260 e. The molecule has 0 spiro atoms. The summed E-state index contributed by atoms with van der Waals surface area (Å²) in [5, 5.41) is 7.83. The average molecular weight is 182 g/mol. The van der Waals surface area contributed by atoms with Gasteiger partial charge in [0.2, 0.25) is 0 Å². The number of hydrogen-bond donors (Lipinski definition) is 1. The summed E-state index contributed by atoms with van der Waals surface area (Å²) in [5.74, 6) is 0. The van der Waals surface area contributed by atoms with Crippen LogP contribution in [-0.2, 0) is 0 Å². The molecule has 0 aromatic heterocycles. The maximum atomic E-state index is 5.67. The summed E-state index contributed by atoms with van der Waals surface area (Å²) >= 11 is 5.67. The lowest BCUT2D eigenvalue weighted by atomic mass is 10.3. The van der Waals surface area contributed by atoms with E-state index in [4.69, 9.17) is 11.6 Å². The lowest BCUT2D eigenvalue weighted by Gasteiger charge is -1.96. The summed E-state index contributed by atoms with van der Waals surface area (Å²) in [6.07, 6.45) is 1.35. The second-order valence-corrected chi connectivity index (χ2v) is 2.45. The van der Waals surface area contributed by atoms with Gasteiger partial charge in [0.1, 0.15) is 0 Å². The van der Waals surface area contributed by atoms with Gasteiger partial charge in [-0.25, -0.2) is 0 Å². The number of benzene rings is 1. The van der Waals surface area contributed by atoms with E-state index in [1.54, 1.807) is 12.1 Å². The van der Waals surface area contributed by atoms with E-state index in [1.165, 1.54) is 6.20 Å². The van der Waals surface area contributed by atoms with Crippen molar-refractivity contribution in [2.75, 3.05) is 5.43 Å². The third-order valence-corrected chi connectivity index (χ3v) is 1.41. The molecule has 0 saturated carbocycles. The van der Waals surface area contributed by atoms with Crippen molar-refractivity contribution < 1.29 is 0 Å². The first-order valence-electron chi connectivity index (χ1n) is 3.35. The molecule has 3 nitrogen and oxygen atoms in total. The van der Waals surface area contributed by atoms with Crippen molar-refractivity contribution in [1.29, 1.82) is 0 Å². The molecule has 62 valence electrons. The second kappa shape index (κ2) is 4.51. The van der Waals surface area contributed by atoms with Gasteiger partial charge in [0.05, 0.1) is 5.69 Å². The summed E-state index contributed by atoms with van der Waals surface area (Å²) in [5.41, 5.74) is 3.54. The van der Waals surface area contributed by atoms with Crippen LogP contribution in [0.4, 0.5) is 5.69 Å². The van der Waals surface area contributed by atoms with E-state index < -0.39 is 0 Å². The second-order valence-electron chi connectivity index (χ2n) is 2.02. The zero-order valence-electron chi connectivity index (χ0n) is 6.37. The smallest absolute Gasteiger partial charge is 0.0580 e. The van der Waals surface area contributed by atoms with Crippen LogP contribution in [0.25, 0.3) is 0 Å². The summed E-state index contributed by atoms with van der Waals surface area (Å²) in [6, 6.07) is 7.16. The molecule has 0 atom stereocenters. The van der Waals surface area contributed by atoms with E-state index in [9.17, 15) is 0 Å². The van der Waals surface area contributed by atoms with Gasteiger partial charge < -0.3 is 0 Å². The van der Waals surface area contributed by atoms with Crippen LogP contribution in [0.2, 0.25) is 5.02 Å². The SMILES string of the molecule is C=CN=NNc1ccc(Cl)cc1. The third kappa shape index (κ3) is 2.72. The molecule has 0 radical (unpaired) electrons. The van der Waals surface area contributed by atoms with Gasteiger partial charge in [-0.1, -0.05) is 23.4 Å². The minimum atomic E-state index is 0.696. The maximum absolute atomic E-state index is 5.67. The monoisotopic (exact) mass is 181 g/mol. The van der Waals surface area contributed by atoms with E-state index in [2.05, 4.69) is 22.3 Å². The molecule has 12 heavy (non-hydrogen) atoms. The third-order valence-electron chi connectivity index (χ3n) is 1.16. The molecule has 0 saturated heterocycles. The van der Waals surface area contributed by atoms with E-state index in [0.717, 1.165) is 5.69 Å². The van der Waals surface area contributed by atoms with Gasteiger partial charge >= 0.3 is 0 Å². The Hall–Kier alpha value is -1.35. The Bertz CT molecular complexity index is 279. The molecule has 0 heterocycles. The van der Waals surface area contributed by atoms with Crippen LogP contribution in [0.3, 0.4) is 0 Å². The first-order chi connectivity index (χ1) is 5.83. The van der Waals surface area contributed by atoms with Crippen molar-refractivity contribution >= 4 is 17.3 Å². The maximum Gasteiger partial charge on any atom is 0.0580 e. The van der Waals surface area contributed by atoms with Crippen LogP contribution in [0.5, 0.6) is 0 Å². The standard InChI is InChI=1S/C8H8ClN3/c1-2-10-12-11-8-5-3-7(9)4-6-8/h2-6H,1H2,(H,10,11). The number of anilines is 1. The number of nitrogens with zero attached hydrogens (tertiary/aromatic N) is 2. The van der Waals surface area contributed by atoms with Crippen molar-refractivity contribution in [2.45, 2.75) is 0 Å². The van der Waals surface area contributed by atoms with Gasteiger partial charge in [-0.3, -0.25) is 5.43 Å². The lowest BCUT2D eigenvalue weighted by molar-refractivity contribution is 1.13. The van der Waals surface area contributed by atoms with Crippen LogP contribution in [0, 0.1) is 0 Å². The summed E-state index contributed by atoms with van der Waals surface area (Å²) in [4.78, 5) is 0. The Labute approximate surface area is 75.7 Å². The molecule has 1 N–H and O–H groups in total. The molecule has 0 aliphatic rings. The van der Waals surface area contributed by atoms with E-state index in [1.807, 2.05) is 12.1 Å². The minimum Gasteiger partial charge on any atom is -0.260 e. The zero-order valence-corrected chi connectivity index (χ0v) is 7.12. The van der Waals surface area contributed by atoms with Crippen LogP contribution < -0.4 is 5.43 Å². The quantitative estimate of drug-likeness (QED) is 0.564. The van der Waals surface area contributed by atoms with Crippen LogP contribution in [-0.4, -0.2) is 0 Å². The Morgan fingerprint density at radius 3 is 2.58 bits per heavy atom. The van der Waals surface area contributed by atoms with Gasteiger partial charge in [0.15, 0.2) is 0 Å². The van der Waals surface area contributed by atoms with Gasteiger partial charge in [-0.2, -0.15) is 0 Å². The molecule has 4 heteroatoms. The predicted molar refractivity (Wildman–Crippen MR) is 50.1 cm³/mol. The summed E-state index contributed by atoms with van der Waals surface area (Å²) in [6.45, 7) is 3.38. The number of nitrogens with one attached hydrogen (secondary N) is 1. The molecular weight excluding hydrogens is 174 g/mol. The molecule has 1 aromatic carbocycles. The first kappa shape index (κ1) is 8.74. The van der Waals surface area contributed by atoms with E-state index in [-0.39, 0.29) is 0 Å². The summed E-state index contributed by atoms with van der Waals surface area (Å²) in [7, 11) is 0. The van der Waals surface area contributed by atoms with E-state index in [0.29, 0.717) is 5.02 Å². The fourth-order valence-corrected chi connectivity index (χ4v) is 0.778. The Morgan fingerprint density at radius 2 is 2.00 bits per heavy atom. The highest BCUT2D eigenvalue weighted by Crippen LogP contribution is 2.12. The fourth-order valence-electron chi connectivity index (χ4n) is 0.652. The molecule has 0 amide bonds. The summed E-state index contributed by atoms with van der Waals surface area (Å²) < 4.78 is 0. The molecule has 1 rings (SSSR count). The Kier molecular flexibility index (Phi) is 3.29. The average Bonchev–Trinajstić information content (AvgIpc) is 2.09. The van der Waals surface area contributed by atoms with Gasteiger partial charge in [0, 0.05) is 11.2 Å². The van der Waals surface area contributed by atoms with Crippen LogP contribution in [0.1, 0.15) is 0 Å². The molecule has 0 aliphatic carbocycles. The predicted octanol–water partition coefficient (Wildman–Crippen LogP) is 3.26. The normalized spacial score (nSPS) is 10.1. The first-order valence-corrected chi connectivity index (χ1v) is 3.73. The Balaban J connectivity index is 2.58. The highest BCUT2D eigenvalue weighted by Gasteiger charge is 1.88. The van der Waals surface area contributed by atoms with Crippen molar-refractivity contribution in [1.82, 2.24) is 0 Å². The molecular formula is C8H8ClN3. The topological polar surface area (TPSA) is 36.8 Å². The number of rotatable bonds is 3. The number of halogens is 1. The molecule has 0 bridgehead atoms. The van der Waals surface area contributed by atoms with Crippen LogP contribution >= 0.6 is 11.6 Å². The van der Waals surface area contributed by atoms with Crippen LogP contribution in [0.15, 0.2) is 47.4 Å². The fraction of sp³-hybridized carbons (Fsp3) is 0. The molecule has 0 aliphatic heterocycles. The minimum absolute atomic E-state index is 0.696.